The van der Waals surface area contributed by atoms with Gasteiger partial charge in [0.05, 0.1) is 7.11 Å². The minimum atomic E-state index is -0.565. The van der Waals surface area contributed by atoms with E-state index in [1.54, 1.807) is 0 Å². The predicted octanol–water partition coefficient (Wildman–Crippen LogP) is 1.30. The van der Waals surface area contributed by atoms with Gasteiger partial charge in [-0.15, -0.1) is 0 Å². The van der Waals surface area contributed by atoms with Crippen LogP contribution in [-0.2, 0) is 4.74 Å². The molecule has 0 saturated carbocycles. The zero-order chi connectivity index (χ0) is 11.5. The molecule has 5 nitrogen and oxygen atoms in total. The molecule has 0 fully saturated rings. The van der Waals surface area contributed by atoms with Gasteiger partial charge in [-0.25, -0.2) is 10.2 Å². The summed E-state index contributed by atoms with van der Waals surface area (Å²) in [5.41, 5.74) is 4.79. The highest BCUT2D eigenvalue weighted by Gasteiger charge is 1.98. The molecule has 0 aromatic rings. The van der Waals surface area contributed by atoms with Gasteiger partial charge in [-0.1, -0.05) is 26.2 Å². The number of hydrogen-bond acceptors (Lipinski definition) is 3. The molecule has 0 aliphatic rings. The Balaban J connectivity index is 3.30. The largest absolute Gasteiger partial charge is 0.452 e. The van der Waals surface area contributed by atoms with E-state index >= 15 is 0 Å². The number of rotatable bonds is 5. The quantitative estimate of drug-likeness (QED) is 0.379. The second-order valence-corrected chi connectivity index (χ2v) is 3.47. The van der Waals surface area contributed by atoms with Gasteiger partial charge in [-0.05, 0) is 18.6 Å². The van der Waals surface area contributed by atoms with Gasteiger partial charge in [-0.3, -0.25) is 5.43 Å². The third-order valence-electron chi connectivity index (χ3n) is 1.78. The summed E-state index contributed by atoms with van der Waals surface area (Å²) in [6, 6.07) is 0. The van der Waals surface area contributed by atoms with E-state index in [2.05, 4.69) is 27.8 Å². The molecule has 0 heterocycles. The smallest absolute Gasteiger partial charge is 0.425 e. The van der Waals surface area contributed by atoms with Crippen LogP contribution in [0.2, 0.25) is 0 Å². The Bertz CT molecular complexity index is 200. The van der Waals surface area contributed by atoms with E-state index in [9.17, 15) is 4.79 Å². The lowest BCUT2D eigenvalue weighted by atomic mass is 10.2. The minimum Gasteiger partial charge on any atom is -0.452 e. The van der Waals surface area contributed by atoms with E-state index in [0.717, 1.165) is 13.0 Å². The predicted molar refractivity (Wildman–Crippen MR) is 63.4 cm³/mol. The van der Waals surface area contributed by atoms with Crippen LogP contribution in [0.3, 0.4) is 0 Å². The lowest BCUT2D eigenvalue weighted by Crippen LogP contribution is -2.46. The number of nitrogens with one attached hydrogen (secondary N) is 3. The molecular formula is C9H19N3O2S. The van der Waals surface area contributed by atoms with Crippen molar-refractivity contribution < 1.29 is 9.53 Å². The molecule has 1 amide bonds. The first-order valence-electron chi connectivity index (χ1n) is 5.08. The van der Waals surface area contributed by atoms with Crippen molar-refractivity contribution in [1.82, 2.24) is 16.2 Å². The molecular weight excluding hydrogens is 214 g/mol. The Morgan fingerprint density at radius 1 is 1.27 bits per heavy atom. The maximum atomic E-state index is 10.6. The van der Waals surface area contributed by atoms with Gasteiger partial charge in [0, 0.05) is 6.54 Å². The summed E-state index contributed by atoms with van der Waals surface area (Å²) >= 11 is 4.91. The summed E-state index contributed by atoms with van der Waals surface area (Å²) in [5, 5.41) is 3.37. The van der Waals surface area contributed by atoms with Crippen LogP contribution < -0.4 is 16.2 Å². The van der Waals surface area contributed by atoms with Crippen LogP contribution in [0.15, 0.2) is 0 Å². The highest BCUT2D eigenvalue weighted by molar-refractivity contribution is 7.80. The van der Waals surface area contributed by atoms with Gasteiger partial charge in [0.2, 0.25) is 0 Å². The Hall–Kier alpha value is -1.04. The van der Waals surface area contributed by atoms with Crippen LogP contribution in [0.1, 0.15) is 32.6 Å². The molecule has 6 heteroatoms. The van der Waals surface area contributed by atoms with E-state index in [1.807, 2.05) is 0 Å². The molecule has 0 saturated heterocycles. The molecule has 0 unspecified atom stereocenters. The monoisotopic (exact) mass is 233 g/mol. The average Bonchev–Trinajstić information content (AvgIpc) is 2.25. The molecule has 0 aromatic carbocycles. The second-order valence-electron chi connectivity index (χ2n) is 3.06. The molecule has 0 rings (SSSR count). The van der Waals surface area contributed by atoms with Gasteiger partial charge in [0.1, 0.15) is 0 Å². The molecule has 3 N–H and O–H groups in total. The number of carbonyl (C=O) groups excluding carboxylic acids is 1. The lowest BCUT2D eigenvalue weighted by molar-refractivity contribution is 0.168. The number of hydrogen-bond donors (Lipinski definition) is 3. The molecule has 0 bridgehead atoms. The number of carbonyl (C=O) groups is 1. The van der Waals surface area contributed by atoms with Gasteiger partial charge < -0.3 is 10.1 Å². The number of thiocarbonyl (C=S) groups is 1. The molecule has 0 aromatic heterocycles. The summed E-state index contributed by atoms with van der Waals surface area (Å²) < 4.78 is 4.36. The average molecular weight is 233 g/mol. The fourth-order valence-electron chi connectivity index (χ4n) is 0.957. The van der Waals surface area contributed by atoms with Crippen molar-refractivity contribution in [2.24, 2.45) is 0 Å². The first-order chi connectivity index (χ1) is 7.20. The molecule has 15 heavy (non-hydrogen) atoms. The van der Waals surface area contributed by atoms with Crippen molar-refractivity contribution in [3.8, 4) is 0 Å². The highest BCUT2D eigenvalue weighted by atomic mass is 32.1. The summed E-state index contributed by atoms with van der Waals surface area (Å²) in [6.45, 7) is 2.98. The van der Waals surface area contributed by atoms with Crippen molar-refractivity contribution in [1.29, 1.82) is 0 Å². The summed E-state index contributed by atoms with van der Waals surface area (Å²) in [7, 11) is 1.29. The van der Waals surface area contributed by atoms with E-state index in [0.29, 0.717) is 5.11 Å². The summed E-state index contributed by atoms with van der Waals surface area (Å²) in [6.07, 6.45) is 4.16. The Labute approximate surface area is 95.9 Å². The van der Waals surface area contributed by atoms with Crippen LogP contribution in [0.25, 0.3) is 0 Å². The van der Waals surface area contributed by atoms with Crippen LogP contribution in [0, 0.1) is 0 Å². The third kappa shape index (κ3) is 9.27. The van der Waals surface area contributed by atoms with Gasteiger partial charge in [-0.2, -0.15) is 0 Å². The Morgan fingerprint density at radius 3 is 2.60 bits per heavy atom. The SMILES string of the molecule is CCCCCCNC(=S)NNC(=O)OC. The van der Waals surface area contributed by atoms with Crippen LogP contribution >= 0.6 is 12.2 Å². The first kappa shape index (κ1) is 14.0. The normalized spacial score (nSPS) is 9.20. The molecule has 0 aliphatic carbocycles. The molecule has 0 atom stereocenters. The Morgan fingerprint density at radius 2 is 2.00 bits per heavy atom. The van der Waals surface area contributed by atoms with Crippen LogP contribution in [-0.4, -0.2) is 24.9 Å². The number of unbranched alkanes of at least 4 members (excludes halogenated alkanes) is 3. The van der Waals surface area contributed by atoms with Crippen LogP contribution in [0.4, 0.5) is 4.79 Å². The molecule has 0 spiro atoms. The van der Waals surface area contributed by atoms with Crippen molar-refractivity contribution >= 4 is 23.4 Å². The molecule has 0 radical (unpaired) electrons. The fraction of sp³-hybridized carbons (Fsp3) is 0.778. The zero-order valence-corrected chi connectivity index (χ0v) is 10.1. The molecule has 0 aliphatic heterocycles. The van der Waals surface area contributed by atoms with Crippen molar-refractivity contribution in [2.45, 2.75) is 32.6 Å². The minimum absolute atomic E-state index is 0.400. The van der Waals surface area contributed by atoms with Crippen molar-refractivity contribution in [2.75, 3.05) is 13.7 Å². The standard InChI is InChI=1S/C9H19N3O2S/c1-3-4-5-6-7-10-8(15)11-12-9(13)14-2/h3-7H2,1-2H3,(H,12,13)(H2,10,11,15). The van der Waals surface area contributed by atoms with Gasteiger partial charge >= 0.3 is 6.09 Å². The summed E-state index contributed by atoms with van der Waals surface area (Å²) in [5.74, 6) is 0. The molecule has 88 valence electrons. The van der Waals surface area contributed by atoms with E-state index in [-0.39, 0.29) is 0 Å². The van der Waals surface area contributed by atoms with E-state index in [4.69, 9.17) is 12.2 Å². The topological polar surface area (TPSA) is 62.4 Å². The number of amides is 1. The number of hydrazine groups is 1. The fourth-order valence-corrected chi connectivity index (χ4v) is 1.11. The maximum Gasteiger partial charge on any atom is 0.425 e. The maximum absolute atomic E-state index is 10.6. The van der Waals surface area contributed by atoms with E-state index in [1.165, 1.54) is 26.4 Å². The summed E-state index contributed by atoms with van der Waals surface area (Å²) in [4.78, 5) is 10.6. The highest BCUT2D eigenvalue weighted by Crippen LogP contribution is 1.96. The first-order valence-corrected chi connectivity index (χ1v) is 5.49. The van der Waals surface area contributed by atoms with E-state index < -0.39 is 6.09 Å². The lowest BCUT2D eigenvalue weighted by Gasteiger charge is -2.10. The number of methoxy groups -OCH3 is 1. The van der Waals surface area contributed by atoms with Crippen molar-refractivity contribution in [3.63, 3.8) is 0 Å². The Kier molecular flexibility index (Phi) is 8.85. The number of ether oxygens (including phenoxy) is 1. The van der Waals surface area contributed by atoms with Gasteiger partial charge in [0.25, 0.3) is 0 Å². The van der Waals surface area contributed by atoms with Crippen molar-refractivity contribution in [3.05, 3.63) is 0 Å². The zero-order valence-electron chi connectivity index (χ0n) is 9.26. The van der Waals surface area contributed by atoms with Crippen LogP contribution in [0.5, 0.6) is 0 Å². The van der Waals surface area contributed by atoms with Gasteiger partial charge in [0.15, 0.2) is 5.11 Å². The second kappa shape index (κ2) is 9.51. The third-order valence-corrected chi connectivity index (χ3v) is 2.03.